The van der Waals surface area contributed by atoms with Crippen molar-refractivity contribution in [2.24, 2.45) is 0 Å². The van der Waals surface area contributed by atoms with Gasteiger partial charge < -0.3 is 24.8 Å². The minimum absolute atomic E-state index is 0.173. The summed E-state index contributed by atoms with van der Waals surface area (Å²) in [6.45, 7) is 2.13. The fourth-order valence-corrected chi connectivity index (χ4v) is 3.64. The molecule has 1 fully saturated rings. The highest BCUT2D eigenvalue weighted by atomic mass is 16.6. The summed E-state index contributed by atoms with van der Waals surface area (Å²) in [6, 6.07) is 0. The van der Waals surface area contributed by atoms with Crippen molar-refractivity contribution in [2.45, 2.75) is 121 Å². The lowest BCUT2D eigenvalue weighted by molar-refractivity contribution is -0.196. The molecule has 0 spiro atoms. The molecule has 1 saturated heterocycles. The summed E-state index contributed by atoms with van der Waals surface area (Å²) in [7, 11) is 0. The van der Waals surface area contributed by atoms with Crippen LogP contribution in [0, 0.1) is 0 Å². The van der Waals surface area contributed by atoms with Crippen molar-refractivity contribution < 1.29 is 24.8 Å². The first kappa shape index (κ1) is 25.4. The summed E-state index contributed by atoms with van der Waals surface area (Å²) in [5.41, 5.74) is 0. The van der Waals surface area contributed by atoms with E-state index in [2.05, 4.69) is 6.92 Å². The normalized spacial score (nSPS) is 25.4. The van der Waals surface area contributed by atoms with Crippen molar-refractivity contribution in [3.63, 3.8) is 0 Å². The third-order valence-electron chi connectivity index (χ3n) is 5.59. The number of hydrogen-bond donors (Lipinski definition) is 3. The summed E-state index contributed by atoms with van der Waals surface area (Å²) in [4.78, 5) is 0. The van der Waals surface area contributed by atoms with E-state index in [0.717, 1.165) is 12.8 Å². The Morgan fingerprint density at radius 1 is 0.821 bits per heavy atom. The van der Waals surface area contributed by atoms with Crippen LogP contribution < -0.4 is 0 Å². The van der Waals surface area contributed by atoms with Gasteiger partial charge in [-0.05, 0) is 18.9 Å². The van der Waals surface area contributed by atoms with Gasteiger partial charge in [0.05, 0.1) is 19.5 Å². The van der Waals surface area contributed by atoms with Gasteiger partial charge in [-0.3, -0.25) is 0 Å². The Kier molecular flexibility index (Phi) is 15.7. The van der Waals surface area contributed by atoms with Crippen LogP contribution >= 0.6 is 0 Å². The molecule has 5 nitrogen and oxygen atoms in total. The standard InChI is InChI=1S/C23H44O5/c1-2-3-4-5-6-7-8-9-10-11-12-13-14-15-16-17-27-21-19-28-20(18-24)22(25)23(21)26/h16-17,20-26H,2-15,18-19H2,1H3/b17-16+/t20-,21+,22-,23-/m0/s1. The molecule has 0 amide bonds. The number of aliphatic hydroxyl groups excluding tert-OH is 3. The van der Waals surface area contributed by atoms with Gasteiger partial charge in [-0.2, -0.15) is 0 Å². The van der Waals surface area contributed by atoms with Gasteiger partial charge in [-0.15, -0.1) is 0 Å². The molecule has 0 radical (unpaired) electrons. The molecule has 0 unspecified atom stereocenters. The quantitative estimate of drug-likeness (QED) is 0.248. The summed E-state index contributed by atoms with van der Waals surface area (Å²) >= 11 is 0. The maximum Gasteiger partial charge on any atom is 0.149 e. The average Bonchev–Trinajstić information content (AvgIpc) is 2.70. The topological polar surface area (TPSA) is 79.2 Å². The average molecular weight is 401 g/mol. The largest absolute Gasteiger partial charge is 0.493 e. The number of hydrogen-bond acceptors (Lipinski definition) is 5. The summed E-state index contributed by atoms with van der Waals surface area (Å²) in [5, 5.41) is 28.8. The van der Waals surface area contributed by atoms with Crippen molar-refractivity contribution in [2.75, 3.05) is 13.2 Å². The van der Waals surface area contributed by atoms with E-state index in [1.54, 1.807) is 6.26 Å². The maximum atomic E-state index is 9.96. The second kappa shape index (κ2) is 17.3. The number of aliphatic hydroxyl groups is 3. The fraction of sp³-hybridized carbons (Fsp3) is 0.913. The second-order valence-electron chi connectivity index (χ2n) is 8.11. The number of rotatable bonds is 17. The van der Waals surface area contributed by atoms with Crippen molar-refractivity contribution >= 4 is 0 Å². The van der Waals surface area contributed by atoms with Crippen molar-refractivity contribution in [3.8, 4) is 0 Å². The van der Waals surface area contributed by atoms with Crippen LogP contribution in [0.4, 0.5) is 0 Å². The molecule has 1 rings (SSSR count). The number of ether oxygens (including phenoxy) is 2. The van der Waals surface area contributed by atoms with E-state index in [1.165, 1.54) is 77.0 Å². The van der Waals surface area contributed by atoms with Gasteiger partial charge in [0, 0.05) is 0 Å². The fourth-order valence-electron chi connectivity index (χ4n) is 3.64. The molecule has 0 aromatic heterocycles. The van der Waals surface area contributed by atoms with E-state index in [1.807, 2.05) is 6.08 Å². The van der Waals surface area contributed by atoms with Crippen LogP contribution in [0.15, 0.2) is 12.3 Å². The van der Waals surface area contributed by atoms with Crippen molar-refractivity contribution in [3.05, 3.63) is 12.3 Å². The molecule has 0 aliphatic carbocycles. The van der Waals surface area contributed by atoms with E-state index in [0.29, 0.717) is 0 Å². The zero-order valence-corrected chi connectivity index (χ0v) is 17.9. The lowest BCUT2D eigenvalue weighted by Crippen LogP contribution is -2.54. The summed E-state index contributed by atoms with van der Waals surface area (Å²) in [5.74, 6) is 0. The zero-order valence-electron chi connectivity index (χ0n) is 17.9. The Bertz CT molecular complexity index is 374. The van der Waals surface area contributed by atoms with Crippen LogP contribution in [0.5, 0.6) is 0 Å². The van der Waals surface area contributed by atoms with Gasteiger partial charge >= 0.3 is 0 Å². The predicted octanol–water partition coefficient (Wildman–Crippen LogP) is 4.48. The molecule has 0 bridgehead atoms. The summed E-state index contributed by atoms with van der Waals surface area (Å²) < 4.78 is 10.8. The molecular weight excluding hydrogens is 356 g/mol. The zero-order chi connectivity index (χ0) is 20.5. The predicted molar refractivity (Wildman–Crippen MR) is 113 cm³/mol. The molecule has 0 saturated carbocycles. The molecule has 0 aromatic carbocycles. The highest BCUT2D eigenvalue weighted by molar-refractivity contribution is 4.89. The minimum Gasteiger partial charge on any atom is -0.493 e. The van der Waals surface area contributed by atoms with Crippen LogP contribution in [0.25, 0.3) is 0 Å². The van der Waals surface area contributed by atoms with Crippen molar-refractivity contribution in [1.29, 1.82) is 0 Å². The monoisotopic (exact) mass is 400 g/mol. The first-order chi connectivity index (χ1) is 13.7. The van der Waals surface area contributed by atoms with E-state index >= 15 is 0 Å². The lowest BCUT2D eigenvalue weighted by Gasteiger charge is -2.36. The van der Waals surface area contributed by atoms with E-state index in [4.69, 9.17) is 14.6 Å². The molecule has 1 aliphatic heterocycles. The third-order valence-corrected chi connectivity index (χ3v) is 5.59. The molecule has 166 valence electrons. The Balaban J connectivity index is 1.87. The van der Waals surface area contributed by atoms with Crippen molar-refractivity contribution in [1.82, 2.24) is 0 Å². The van der Waals surface area contributed by atoms with E-state index in [9.17, 15) is 10.2 Å². The highest BCUT2D eigenvalue weighted by Gasteiger charge is 2.38. The number of unbranched alkanes of at least 4 members (excludes halogenated alkanes) is 13. The number of allylic oxidation sites excluding steroid dienone is 1. The molecular formula is C23H44O5. The molecule has 5 heteroatoms. The van der Waals surface area contributed by atoms with Crippen LogP contribution in [0.3, 0.4) is 0 Å². The molecule has 4 atom stereocenters. The van der Waals surface area contributed by atoms with Crippen LogP contribution in [-0.2, 0) is 9.47 Å². The first-order valence-corrected chi connectivity index (χ1v) is 11.6. The molecule has 0 aromatic rings. The molecule has 1 heterocycles. The minimum atomic E-state index is -1.11. The van der Waals surface area contributed by atoms with Crippen LogP contribution in [0.1, 0.15) is 96.8 Å². The Labute approximate surface area is 172 Å². The van der Waals surface area contributed by atoms with Gasteiger partial charge in [-0.25, -0.2) is 0 Å². The van der Waals surface area contributed by atoms with E-state index in [-0.39, 0.29) is 13.2 Å². The maximum absolute atomic E-state index is 9.96. The Morgan fingerprint density at radius 3 is 1.89 bits per heavy atom. The molecule has 3 N–H and O–H groups in total. The van der Waals surface area contributed by atoms with Gasteiger partial charge in [0.1, 0.15) is 24.4 Å². The van der Waals surface area contributed by atoms with Gasteiger partial charge in [-0.1, -0.05) is 84.0 Å². The van der Waals surface area contributed by atoms with Gasteiger partial charge in [0.25, 0.3) is 0 Å². The molecule has 1 aliphatic rings. The second-order valence-corrected chi connectivity index (χ2v) is 8.11. The third kappa shape index (κ3) is 11.4. The lowest BCUT2D eigenvalue weighted by atomic mass is 10.0. The Hall–Kier alpha value is -0.620. The summed E-state index contributed by atoms with van der Waals surface area (Å²) in [6.07, 6.45) is 18.6. The Morgan fingerprint density at radius 2 is 1.36 bits per heavy atom. The van der Waals surface area contributed by atoms with Gasteiger partial charge in [0.15, 0.2) is 0 Å². The molecule has 28 heavy (non-hydrogen) atoms. The highest BCUT2D eigenvalue weighted by Crippen LogP contribution is 2.18. The van der Waals surface area contributed by atoms with Crippen LogP contribution in [-0.4, -0.2) is 52.9 Å². The smallest absolute Gasteiger partial charge is 0.149 e. The van der Waals surface area contributed by atoms with Gasteiger partial charge in [0.2, 0.25) is 0 Å². The first-order valence-electron chi connectivity index (χ1n) is 11.6. The van der Waals surface area contributed by atoms with Crippen LogP contribution in [0.2, 0.25) is 0 Å². The SMILES string of the molecule is CCCCCCCCCCCCCCC/C=C/O[C@@H]1CO[C@@H](CO)[C@H](O)[C@H]1O. The van der Waals surface area contributed by atoms with E-state index < -0.39 is 24.4 Å².